The number of nitrogens with one attached hydrogen (secondary N) is 1. The Bertz CT molecular complexity index is 850. The van der Waals surface area contributed by atoms with Crippen molar-refractivity contribution in [2.24, 2.45) is 0 Å². The largest absolute Gasteiger partial charge is 0.309 e. The second kappa shape index (κ2) is 11.4. The van der Waals surface area contributed by atoms with Crippen LogP contribution in [0, 0.1) is 0 Å². The van der Waals surface area contributed by atoms with Crippen molar-refractivity contribution in [3.63, 3.8) is 0 Å². The lowest BCUT2D eigenvalue weighted by Crippen LogP contribution is -2.13. The zero-order valence-electron chi connectivity index (χ0n) is 15.7. The van der Waals surface area contributed by atoms with E-state index in [4.69, 9.17) is 23.2 Å². The van der Waals surface area contributed by atoms with Crippen molar-refractivity contribution in [1.29, 1.82) is 0 Å². The normalized spacial score (nSPS) is 10.3. The first kappa shape index (κ1) is 21.8. The molecule has 1 N–H and O–H groups in total. The van der Waals surface area contributed by atoms with Crippen molar-refractivity contribution < 1.29 is 0 Å². The third kappa shape index (κ3) is 6.90. The van der Waals surface area contributed by atoms with Gasteiger partial charge in [-0.1, -0.05) is 85.6 Å². The fourth-order valence-electron chi connectivity index (χ4n) is 2.71. The van der Waals surface area contributed by atoms with Crippen LogP contribution in [-0.2, 0) is 19.5 Å². The minimum absolute atomic E-state index is 0.585. The monoisotopic (exact) mass is 417 g/mol. The maximum atomic E-state index is 6.11. The summed E-state index contributed by atoms with van der Waals surface area (Å²) in [5.74, 6) is 0. The van der Waals surface area contributed by atoms with Crippen molar-refractivity contribution in [2.45, 2.75) is 38.3 Å². The van der Waals surface area contributed by atoms with Crippen LogP contribution in [0.3, 0.4) is 0 Å². The standard InChI is InChI=1S/C21H19Cl2NS.C2H6/c22-19-8-6-17(12-20(19)23)10-16-7-9-21(25)18(11-16)14-24-13-15-4-2-1-3-5-15;1-2/h1-9,11-12,24-25H,10,13-14H2;1-2H3. The molecule has 0 bridgehead atoms. The van der Waals surface area contributed by atoms with Crippen LogP contribution in [0.4, 0.5) is 0 Å². The fourth-order valence-corrected chi connectivity index (χ4v) is 3.25. The quantitative estimate of drug-likeness (QED) is 0.404. The van der Waals surface area contributed by atoms with Gasteiger partial charge in [-0.15, -0.1) is 12.6 Å². The summed E-state index contributed by atoms with van der Waals surface area (Å²) in [7, 11) is 0. The summed E-state index contributed by atoms with van der Waals surface area (Å²) in [6.45, 7) is 5.62. The van der Waals surface area contributed by atoms with E-state index in [1.807, 2.05) is 38.1 Å². The molecule has 3 aromatic rings. The number of thiol groups is 1. The van der Waals surface area contributed by atoms with Crippen LogP contribution in [0.2, 0.25) is 10.0 Å². The van der Waals surface area contributed by atoms with Crippen LogP contribution in [0.1, 0.15) is 36.1 Å². The first-order chi connectivity index (χ1) is 13.1. The van der Waals surface area contributed by atoms with Gasteiger partial charge in [-0.3, -0.25) is 0 Å². The summed E-state index contributed by atoms with van der Waals surface area (Å²) in [5, 5.41) is 4.66. The van der Waals surface area contributed by atoms with Crippen molar-refractivity contribution in [3.8, 4) is 0 Å². The Labute approximate surface area is 178 Å². The Kier molecular flexibility index (Phi) is 9.23. The first-order valence-corrected chi connectivity index (χ1v) is 10.3. The molecule has 0 radical (unpaired) electrons. The number of hydrogen-bond acceptors (Lipinski definition) is 2. The SMILES string of the molecule is CC.Sc1ccc(Cc2ccc(Cl)c(Cl)c2)cc1CNCc1ccccc1. The molecule has 0 aliphatic heterocycles. The van der Waals surface area contributed by atoms with Crippen LogP contribution >= 0.6 is 35.8 Å². The lowest BCUT2D eigenvalue weighted by Gasteiger charge is -2.11. The molecule has 27 heavy (non-hydrogen) atoms. The number of halogens is 2. The molecule has 4 heteroatoms. The number of benzene rings is 3. The highest BCUT2D eigenvalue weighted by Crippen LogP contribution is 2.25. The molecule has 0 aromatic heterocycles. The van der Waals surface area contributed by atoms with Gasteiger partial charge in [0, 0.05) is 18.0 Å². The van der Waals surface area contributed by atoms with Gasteiger partial charge in [0.15, 0.2) is 0 Å². The summed E-state index contributed by atoms with van der Waals surface area (Å²) in [6.07, 6.45) is 0.816. The Morgan fingerprint density at radius 2 is 1.41 bits per heavy atom. The predicted molar refractivity (Wildman–Crippen MR) is 121 cm³/mol. The van der Waals surface area contributed by atoms with Gasteiger partial charge in [0.05, 0.1) is 10.0 Å². The molecular formula is C23H25Cl2NS. The van der Waals surface area contributed by atoms with E-state index in [9.17, 15) is 0 Å². The Morgan fingerprint density at radius 3 is 2.11 bits per heavy atom. The molecule has 0 amide bonds. The maximum Gasteiger partial charge on any atom is 0.0595 e. The molecule has 0 atom stereocenters. The van der Waals surface area contributed by atoms with Gasteiger partial charge in [0.1, 0.15) is 0 Å². The van der Waals surface area contributed by atoms with Gasteiger partial charge in [-0.25, -0.2) is 0 Å². The first-order valence-electron chi connectivity index (χ1n) is 9.11. The molecule has 0 saturated carbocycles. The maximum absolute atomic E-state index is 6.11. The van der Waals surface area contributed by atoms with E-state index in [2.05, 4.69) is 60.4 Å². The van der Waals surface area contributed by atoms with Crippen LogP contribution in [0.25, 0.3) is 0 Å². The molecule has 3 aromatic carbocycles. The lowest BCUT2D eigenvalue weighted by molar-refractivity contribution is 0.685. The third-order valence-electron chi connectivity index (χ3n) is 4.02. The van der Waals surface area contributed by atoms with E-state index in [1.54, 1.807) is 0 Å². The molecule has 0 unspecified atom stereocenters. The van der Waals surface area contributed by atoms with Gasteiger partial charge in [-0.2, -0.15) is 0 Å². The molecule has 0 heterocycles. The highest BCUT2D eigenvalue weighted by atomic mass is 35.5. The smallest absolute Gasteiger partial charge is 0.0595 e. The minimum atomic E-state index is 0.585. The Morgan fingerprint density at radius 1 is 0.741 bits per heavy atom. The molecule has 1 nitrogen and oxygen atoms in total. The van der Waals surface area contributed by atoms with Crippen molar-refractivity contribution >= 4 is 35.8 Å². The summed E-state index contributed by atoms with van der Waals surface area (Å²) < 4.78 is 0. The van der Waals surface area contributed by atoms with Crippen molar-refractivity contribution in [1.82, 2.24) is 5.32 Å². The second-order valence-corrected chi connectivity index (χ2v) is 7.27. The number of hydrogen-bond donors (Lipinski definition) is 2. The molecule has 0 saturated heterocycles. The van der Waals surface area contributed by atoms with Gasteiger partial charge < -0.3 is 5.32 Å². The van der Waals surface area contributed by atoms with E-state index in [0.717, 1.165) is 30.0 Å². The van der Waals surface area contributed by atoms with E-state index < -0.39 is 0 Å². The third-order valence-corrected chi connectivity index (χ3v) is 5.20. The van der Waals surface area contributed by atoms with Crippen molar-refractivity contribution in [3.05, 3.63) is 99.0 Å². The Balaban J connectivity index is 0.00000126. The fraction of sp³-hybridized carbons (Fsp3) is 0.217. The topological polar surface area (TPSA) is 12.0 Å². The molecule has 0 aliphatic carbocycles. The molecule has 0 fully saturated rings. The van der Waals surface area contributed by atoms with Gasteiger partial charge in [-0.05, 0) is 46.9 Å². The molecule has 3 rings (SSSR count). The minimum Gasteiger partial charge on any atom is -0.309 e. The zero-order chi connectivity index (χ0) is 19.6. The second-order valence-electron chi connectivity index (χ2n) is 5.98. The Hall–Kier alpha value is -1.45. The van der Waals surface area contributed by atoms with E-state index in [-0.39, 0.29) is 0 Å². The lowest BCUT2D eigenvalue weighted by atomic mass is 10.0. The van der Waals surface area contributed by atoms with Gasteiger partial charge in [0.2, 0.25) is 0 Å². The predicted octanol–water partition coefficient (Wildman–Crippen LogP) is 7.19. The molecule has 0 spiro atoms. The zero-order valence-corrected chi connectivity index (χ0v) is 18.1. The molecule has 142 valence electrons. The summed E-state index contributed by atoms with van der Waals surface area (Å²) in [5.41, 5.74) is 4.84. The molecule has 0 aliphatic rings. The summed E-state index contributed by atoms with van der Waals surface area (Å²) in [6, 6.07) is 22.5. The summed E-state index contributed by atoms with van der Waals surface area (Å²) in [4.78, 5) is 0.999. The highest BCUT2D eigenvalue weighted by molar-refractivity contribution is 7.80. The van der Waals surface area contributed by atoms with E-state index in [0.29, 0.717) is 10.0 Å². The van der Waals surface area contributed by atoms with Crippen LogP contribution < -0.4 is 5.32 Å². The average molecular weight is 418 g/mol. The number of rotatable bonds is 6. The van der Waals surface area contributed by atoms with Crippen LogP contribution in [0.15, 0.2) is 71.6 Å². The molecular weight excluding hydrogens is 393 g/mol. The van der Waals surface area contributed by atoms with E-state index >= 15 is 0 Å². The summed E-state index contributed by atoms with van der Waals surface area (Å²) >= 11 is 16.7. The van der Waals surface area contributed by atoms with Gasteiger partial charge >= 0.3 is 0 Å². The average Bonchev–Trinajstić information content (AvgIpc) is 2.69. The van der Waals surface area contributed by atoms with Crippen LogP contribution in [0.5, 0.6) is 0 Å². The highest BCUT2D eigenvalue weighted by Gasteiger charge is 2.05. The van der Waals surface area contributed by atoms with Gasteiger partial charge in [0.25, 0.3) is 0 Å². The van der Waals surface area contributed by atoms with E-state index in [1.165, 1.54) is 16.7 Å². The van der Waals surface area contributed by atoms with Crippen LogP contribution in [-0.4, -0.2) is 0 Å². The van der Waals surface area contributed by atoms with Crippen molar-refractivity contribution in [2.75, 3.05) is 0 Å².